The van der Waals surface area contributed by atoms with E-state index in [9.17, 15) is 8.42 Å². The Morgan fingerprint density at radius 3 is 2.29 bits per heavy atom. The molecule has 1 aliphatic carbocycles. The Kier molecular flexibility index (Phi) is 7.83. The molecule has 2 heterocycles. The number of likely N-dealkylation sites (N-methyl/N-ethyl adjacent to an activating group) is 1. The molecule has 3 N–H and O–H groups in total. The Bertz CT molecular complexity index is 1370. The summed E-state index contributed by atoms with van der Waals surface area (Å²) in [5, 5.41) is 6.49. The maximum atomic E-state index is 12.1. The molecule has 0 spiro atoms. The number of aryl methyl sites for hydroxylation is 2. The molecule has 1 saturated carbocycles. The molecular formula is C28H37N7O2S. The van der Waals surface area contributed by atoms with Crippen molar-refractivity contribution < 1.29 is 8.42 Å². The zero-order valence-corrected chi connectivity index (χ0v) is 23.2. The predicted molar refractivity (Wildman–Crippen MR) is 154 cm³/mol. The van der Waals surface area contributed by atoms with E-state index in [1.54, 1.807) is 6.20 Å². The fraction of sp³-hybridized carbons (Fsp3) is 0.429. The Balaban J connectivity index is 1.21. The van der Waals surface area contributed by atoms with E-state index in [1.807, 2.05) is 31.2 Å². The molecule has 38 heavy (non-hydrogen) atoms. The quantitative estimate of drug-likeness (QED) is 0.353. The number of rotatable bonds is 10. The molecule has 2 fully saturated rings. The van der Waals surface area contributed by atoms with Gasteiger partial charge >= 0.3 is 0 Å². The first-order valence-electron chi connectivity index (χ1n) is 13.3. The standard InChI is InChI=1S/C28H37N7O2S/c1-4-34-13-15-35(16-14-34)26-12-9-24(17-20(26)2)32-28-29-18-21(3)27(33-28)31-23-7-5-22(6-8-23)19-30-38(36,37)25-10-11-25/h5-9,12,17-18,25,30H,4,10-11,13-16,19H2,1-3H3,(H2,29,31,32,33). The fourth-order valence-electron chi connectivity index (χ4n) is 4.67. The van der Waals surface area contributed by atoms with Gasteiger partial charge in [0.1, 0.15) is 5.82 Å². The molecule has 1 aliphatic heterocycles. The Morgan fingerprint density at radius 2 is 1.63 bits per heavy atom. The zero-order chi connectivity index (χ0) is 26.7. The number of nitrogens with zero attached hydrogens (tertiary/aromatic N) is 4. The van der Waals surface area contributed by atoms with Crippen LogP contribution in [-0.4, -0.2) is 61.3 Å². The fourth-order valence-corrected chi connectivity index (χ4v) is 6.03. The minimum Gasteiger partial charge on any atom is -0.369 e. The summed E-state index contributed by atoms with van der Waals surface area (Å²) in [4.78, 5) is 14.1. The highest BCUT2D eigenvalue weighted by molar-refractivity contribution is 7.90. The first-order chi connectivity index (χ1) is 18.3. The molecule has 1 saturated heterocycles. The topological polar surface area (TPSA) is 102 Å². The lowest BCUT2D eigenvalue weighted by molar-refractivity contribution is 0.271. The van der Waals surface area contributed by atoms with Gasteiger partial charge in [0.2, 0.25) is 16.0 Å². The third-order valence-electron chi connectivity index (χ3n) is 7.24. The third kappa shape index (κ3) is 6.43. The molecule has 10 heteroatoms. The highest BCUT2D eigenvalue weighted by atomic mass is 32.2. The highest BCUT2D eigenvalue weighted by Gasteiger charge is 2.35. The van der Waals surface area contributed by atoms with Crippen LogP contribution >= 0.6 is 0 Å². The summed E-state index contributed by atoms with van der Waals surface area (Å²) >= 11 is 0. The molecule has 202 valence electrons. The first kappa shape index (κ1) is 26.4. The van der Waals surface area contributed by atoms with Gasteiger partial charge in [-0.25, -0.2) is 18.1 Å². The number of hydrogen-bond acceptors (Lipinski definition) is 8. The van der Waals surface area contributed by atoms with Gasteiger partial charge in [-0.05, 0) is 74.7 Å². The van der Waals surface area contributed by atoms with Crippen molar-refractivity contribution in [3.8, 4) is 0 Å². The van der Waals surface area contributed by atoms with Gasteiger partial charge in [0, 0.05) is 61.5 Å². The van der Waals surface area contributed by atoms with Crippen molar-refractivity contribution in [2.75, 3.05) is 48.3 Å². The number of piperazine rings is 1. The Hall–Kier alpha value is -3.21. The number of hydrogen-bond donors (Lipinski definition) is 3. The molecule has 2 aliphatic rings. The van der Waals surface area contributed by atoms with Crippen LogP contribution in [0, 0.1) is 13.8 Å². The van der Waals surface area contributed by atoms with Crippen molar-refractivity contribution >= 4 is 38.9 Å². The number of benzene rings is 2. The van der Waals surface area contributed by atoms with E-state index >= 15 is 0 Å². The minimum absolute atomic E-state index is 0.212. The van der Waals surface area contributed by atoms with Crippen molar-refractivity contribution in [1.29, 1.82) is 0 Å². The summed E-state index contributed by atoms with van der Waals surface area (Å²) in [6.45, 7) is 12.0. The van der Waals surface area contributed by atoms with Gasteiger partial charge in [0.05, 0.1) is 5.25 Å². The molecule has 2 aromatic carbocycles. The van der Waals surface area contributed by atoms with Crippen LogP contribution in [0.2, 0.25) is 0 Å². The van der Waals surface area contributed by atoms with E-state index in [1.165, 1.54) is 11.3 Å². The van der Waals surface area contributed by atoms with Gasteiger partial charge in [0.25, 0.3) is 0 Å². The minimum atomic E-state index is -3.19. The van der Waals surface area contributed by atoms with Crippen LogP contribution in [0.4, 0.5) is 28.8 Å². The Labute approximate surface area is 225 Å². The molecule has 0 atom stereocenters. The summed E-state index contributed by atoms with van der Waals surface area (Å²) < 4.78 is 26.8. The molecule has 0 bridgehead atoms. The zero-order valence-electron chi connectivity index (χ0n) is 22.4. The smallest absolute Gasteiger partial charge is 0.229 e. The van der Waals surface area contributed by atoms with Crippen molar-refractivity contribution in [1.82, 2.24) is 19.6 Å². The molecule has 0 unspecified atom stereocenters. The van der Waals surface area contributed by atoms with E-state index in [2.05, 4.69) is 62.2 Å². The summed E-state index contributed by atoms with van der Waals surface area (Å²) in [7, 11) is -3.19. The SMILES string of the molecule is CCN1CCN(c2ccc(Nc3ncc(C)c(Nc4ccc(CNS(=O)(=O)C5CC5)cc4)n3)cc2C)CC1. The van der Waals surface area contributed by atoms with Crippen molar-refractivity contribution in [2.24, 2.45) is 0 Å². The second-order valence-electron chi connectivity index (χ2n) is 10.2. The maximum absolute atomic E-state index is 12.1. The monoisotopic (exact) mass is 535 g/mol. The molecule has 3 aromatic rings. The Morgan fingerprint density at radius 1 is 0.921 bits per heavy atom. The predicted octanol–water partition coefficient (Wildman–Crippen LogP) is 4.30. The summed E-state index contributed by atoms with van der Waals surface area (Å²) in [5.41, 5.74) is 6.16. The van der Waals surface area contributed by atoms with E-state index in [0.29, 0.717) is 18.3 Å². The molecule has 0 amide bonds. The number of nitrogens with one attached hydrogen (secondary N) is 3. The third-order valence-corrected chi connectivity index (χ3v) is 9.14. The van der Waals surface area contributed by atoms with Gasteiger partial charge in [-0.15, -0.1) is 0 Å². The van der Waals surface area contributed by atoms with E-state index < -0.39 is 10.0 Å². The van der Waals surface area contributed by atoms with Crippen molar-refractivity contribution in [3.05, 3.63) is 65.4 Å². The summed E-state index contributed by atoms with van der Waals surface area (Å²) in [5.74, 6) is 1.24. The molecule has 5 rings (SSSR count). The number of sulfonamides is 1. The van der Waals surface area contributed by atoms with Crippen molar-refractivity contribution in [2.45, 2.75) is 45.4 Å². The van der Waals surface area contributed by atoms with Crippen LogP contribution in [0.1, 0.15) is 36.5 Å². The maximum Gasteiger partial charge on any atom is 0.229 e. The normalized spacial score (nSPS) is 16.4. The van der Waals surface area contributed by atoms with Crippen LogP contribution in [-0.2, 0) is 16.6 Å². The van der Waals surface area contributed by atoms with Crippen LogP contribution in [0.15, 0.2) is 48.7 Å². The lowest BCUT2D eigenvalue weighted by atomic mass is 10.1. The second kappa shape index (κ2) is 11.3. The number of anilines is 5. The van der Waals surface area contributed by atoms with Crippen molar-refractivity contribution in [3.63, 3.8) is 0 Å². The second-order valence-corrected chi connectivity index (χ2v) is 12.2. The van der Waals surface area contributed by atoms with Gasteiger partial charge in [0.15, 0.2) is 0 Å². The van der Waals surface area contributed by atoms with E-state index in [-0.39, 0.29) is 5.25 Å². The highest BCUT2D eigenvalue weighted by Crippen LogP contribution is 2.28. The van der Waals surface area contributed by atoms with E-state index in [0.717, 1.165) is 68.1 Å². The molecule has 9 nitrogen and oxygen atoms in total. The lowest BCUT2D eigenvalue weighted by Gasteiger charge is -2.36. The van der Waals surface area contributed by atoms with E-state index in [4.69, 9.17) is 4.98 Å². The van der Waals surface area contributed by atoms with Crippen LogP contribution < -0.4 is 20.3 Å². The van der Waals surface area contributed by atoms with Gasteiger partial charge in [-0.1, -0.05) is 19.1 Å². The molecular weight excluding hydrogens is 498 g/mol. The molecule has 0 radical (unpaired) electrons. The molecule has 1 aromatic heterocycles. The van der Waals surface area contributed by atoms with Gasteiger partial charge in [-0.2, -0.15) is 4.98 Å². The summed E-state index contributed by atoms with van der Waals surface area (Å²) in [6, 6.07) is 14.1. The van der Waals surface area contributed by atoms with Crippen LogP contribution in [0.5, 0.6) is 0 Å². The van der Waals surface area contributed by atoms with Crippen LogP contribution in [0.25, 0.3) is 0 Å². The van der Waals surface area contributed by atoms with Gasteiger partial charge in [-0.3, -0.25) is 0 Å². The van der Waals surface area contributed by atoms with Gasteiger partial charge < -0.3 is 20.4 Å². The summed E-state index contributed by atoms with van der Waals surface area (Å²) in [6.07, 6.45) is 3.32. The average Bonchev–Trinajstić information content (AvgIpc) is 3.77. The largest absolute Gasteiger partial charge is 0.369 e. The average molecular weight is 536 g/mol. The van der Waals surface area contributed by atoms with Crippen LogP contribution in [0.3, 0.4) is 0 Å². The number of aromatic nitrogens is 2. The lowest BCUT2D eigenvalue weighted by Crippen LogP contribution is -2.46. The first-order valence-corrected chi connectivity index (χ1v) is 14.9.